The highest BCUT2D eigenvalue weighted by molar-refractivity contribution is 5.67. The smallest absolute Gasteiger partial charge is 0.303 e. The zero-order valence-electron chi connectivity index (χ0n) is 18.2. The minimum absolute atomic E-state index is 0.124. The van der Waals surface area contributed by atoms with Crippen molar-refractivity contribution in [2.45, 2.75) is 26.4 Å². The second-order valence-corrected chi connectivity index (χ2v) is 7.24. The molecular formula is C26H27NO5. The van der Waals surface area contributed by atoms with Crippen LogP contribution < -0.4 is 15.0 Å². The molecule has 0 aromatic heterocycles. The summed E-state index contributed by atoms with van der Waals surface area (Å²) in [5.41, 5.74) is 7.54. The number of rotatable bonds is 11. The fourth-order valence-corrected chi connectivity index (χ4v) is 3.12. The Balaban J connectivity index is 1.56. The van der Waals surface area contributed by atoms with Crippen LogP contribution in [0.4, 0.5) is 0 Å². The lowest BCUT2D eigenvalue weighted by Crippen LogP contribution is -2.11. The van der Waals surface area contributed by atoms with Gasteiger partial charge in [0.05, 0.1) is 7.11 Å². The molecule has 166 valence electrons. The predicted octanol–water partition coefficient (Wildman–Crippen LogP) is 5.12. The van der Waals surface area contributed by atoms with Crippen LogP contribution in [0.25, 0.3) is 5.70 Å². The largest absolute Gasteiger partial charge is 0.489 e. The molecule has 0 unspecified atom stereocenters. The molecule has 3 rings (SSSR count). The first-order chi connectivity index (χ1) is 15.5. The first-order valence-corrected chi connectivity index (χ1v) is 10.3. The molecule has 6 nitrogen and oxygen atoms in total. The highest BCUT2D eigenvalue weighted by Crippen LogP contribution is 2.21. The number of ether oxygens (including phenoxy) is 2. The van der Waals surface area contributed by atoms with Gasteiger partial charge in [0.15, 0.2) is 0 Å². The number of hydrogen-bond acceptors (Lipinski definition) is 5. The molecule has 2 N–H and O–H groups in total. The van der Waals surface area contributed by atoms with E-state index in [0.717, 1.165) is 28.0 Å². The third kappa shape index (κ3) is 6.89. The second kappa shape index (κ2) is 11.6. The summed E-state index contributed by atoms with van der Waals surface area (Å²) < 4.78 is 11.7. The molecule has 6 heteroatoms. The van der Waals surface area contributed by atoms with E-state index in [1.165, 1.54) is 0 Å². The van der Waals surface area contributed by atoms with Gasteiger partial charge < -0.3 is 14.6 Å². The molecule has 0 aliphatic rings. The monoisotopic (exact) mass is 433 g/mol. The van der Waals surface area contributed by atoms with Crippen LogP contribution in [0.1, 0.15) is 28.7 Å². The van der Waals surface area contributed by atoms with E-state index in [0.29, 0.717) is 24.5 Å². The van der Waals surface area contributed by atoms with Crippen molar-refractivity contribution in [3.8, 4) is 11.5 Å². The van der Waals surface area contributed by atoms with Crippen LogP contribution in [0.2, 0.25) is 0 Å². The number of carbonyl (C=O) groups is 1. The van der Waals surface area contributed by atoms with Crippen molar-refractivity contribution in [1.82, 2.24) is 5.48 Å². The maximum atomic E-state index is 10.8. The zero-order chi connectivity index (χ0) is 22.8. The van der Waals surface area contributed by atoms with Gasteiger partial charge in [0.1, 0.15) is 30.1 Å². The van der Waals surface area contributed by atoms with Crippen molar-refractivity contribution in [3.63, 3.8) is 0 Å². The van der Waals surface area contributed by atoms with Gasteiger partial charge in [-0.25, -0.2) is 0 Å². The van der Waals surface area contributed by atoms with E-state index >= 15 is 0 Å². The van der Waals surface area contributed by atoms with Crippen LogP contribution in [0.15, 0.2) is 79.1 Å². The molecule has 0 aliphatic heterocycles. The van der Waals surface area contributed by atoms with Crippen LogP contribution in [-0.2, 0) is 22.7 Å². The Kier molecular flexibility index (Phi) is 8.29. The fraction of sp³-hybridized carbons (Fsp3) is 0.192. The second-order valence-electron chi connectivity index (χ2n) is 7.24. The van der Waals surface area contributed by atoms with Crippen molar-refractivity contribution < 1.29 is 24.2 Å². The minimum atomic E-state index is -0.793. The van der Waals surface area contributed by atoms with Crippen LogP contribution >= 0.6 is 0 Å². The molecule has 0 aliphatic carbocycles. The first kappa shape index (κ1) is 22.9. The lowest BCUT2D eigenvalue weighted by atomic mass is 10.0. The summed E-state index contributed by atoms with van der Waals surface area (Å²) in [6, 6.07) is 23.2. The van der Waals surface area contributed by atoms with E-state index in [4.69, 9.17) is 19.4 Å². The van der Waals surface area contributed by atoms with Crippen molar-refractivity contribution >= 4 is 11.7 Å². The summed E-state index contributed by atoms with van der Waals surface area (Å²) in [6.45, 7) is 2.39. The van der Waals surface area contributed by atoms with Crippen molar-refractivity contribution in [1.29, 1.82) is 0 Å². The normalized spacial score (nSPS) is 11.1. The van der Waals surface area contributed by atoms with Crippen molar-refractivity contribution in [2.24, 2.45) is 0 Å². The molecule has 0 saturated carbocycles. The summed E-state index contributed by atoms with van der Waals surface area (Å²) in [7, 11) is 1.55. The van der Waals surface area contributed by atoms with E-state index in [1.54, 1.807) is 13.4 Å². The number of carboxylic acids is 1. The van der Waals surface area contributed by atoms with Gasteiger partial charge in [-0.1, -0.05) is 48.5 Å². The quantitative estimate of drug-likeness (QED) is 0.323. The van der Waals surface area contributed by atoms with Crippen LogP contribution in [-0.4, -0.2) is 18.2 Å². The number of nitrogens with one attached hydrogen (secondary N) is 1. The Morgan fingerprint density at radius 2 is 1.72 bits per heavy atom. The van der Waals surface area contributed by atoms with Gasteiger partial charge in [0.2, 0.25) is 0 Å². The van der Waals surface area contributed by atoms with E-state index in [1.807, 2.05) is 79.7 Å². The molecule has 0 fully saturated rings. The number of hydroxylamine groups is 1. The molecule has 0 atom stereocenters. The molecule has 3 aromatic rings. The van der Waals surface area contributed by atoms with Gasteiger partial charge in [-0.3, -0.25) is 15.1 Å². The standard InChI is InChI=1S/C26H27NO5/c1-19-16-24(14-10-21(19)11-15-26(28)29)31-17-20-8-12-23(13-9-20)32-18-25(27-30-2)22-6-4-3-5-7-22/h3-10,12-14,16,18,27H,11,15,17H2,1-2H3,(H,28,29). The van der Waals surface area contributed by atoms with Crippen LogP contribution in [0, 0.1) is 6.92 Å². The predicted molar refractivity (Wildman–Crippen MR) is 123 cm³/mol. The Morgan fingerprint density at radius 1 is 1.00 bits per heavy atom. The molecule has 0 radical (unpaired) electrons. The average molecular weight is 434 g/mol. The topological polar surface area (TPSA) is 77.0 Å². The maximum Gasteiger partial charge on any atom is 0.303 e. The number of hydrogen-bond donors (Lipinski definition) is 2. The van der Waals surface area contributed by atoms with Gasteiger partial charge in [0.25, 0.3) is 0 Å². The maximum absolute atomic E-state index is 10.8. The fourth-order valence-electron chi connectivity index (χ4n) is 3.12. The zero-order valence-corrected chi connectivity index (χ0v) is 18.2. The Hall–Kier alpha value is -3.77. The number of benzene rings is 3. The number of aryl methyl sites for hydroxylation is 2. The Labute approximate surface area is 188 Å². The van der Waals surface area contributed by atoms with Gasteiger partial charge in [-0.15, -0.1) is 0 Å². The lowest BCUT2D eigenvalue weighted by Gasteiger charge is -2.11. The average Bonchev–Trinajstić information content (AvgIpc) is 2.81. The van der Waals surface area contributed by atoms with Crippen LogP contribution in [0.5, 0.6) is 11.5 Å². The SMILES string of the molecule is CONC(=COc1ccc(COc2ccc(CCC(=O)O)c(C)c2)cc1)c1ccccc1. The van der Waals surface area contributed by atoms with Crippen molar-refractivity contribution in [3.05, 3.63) is 101 Å². The third-order valence-corrected chi connectivity index (χ3v) is 4.86. The number of carboxylic acid groups (broad SMARTS) is 1. The molecule has 32 heavy (non-hydrogen) atoms. The van der Waals surface area contributed by atoms with Gasteiger partial charge in [0, 0.05) is 12.0 Å². The van der Waals surface area contributed by atoms with Gasteiger partial charge in [-0.05, 0) is 54.3 Å². The molecule has 0 saturated heterocycles. The van der Waals surface area contributed by atoms with Crippen molar-refractivity contribution in [2.75, 3.05) is 7.11 Å². The summed E-state index contributed by atoms with van der Waals surface area (Å²) >= 11 is 0. The Morgan fingerprint density at radius 3 is 2.38 bits per heavy atom. The summed E-state index contributed by atoms with van der Waals surface area (Å²) in [4.78, 5) is 15.8. The van der Waals surface area contributed by atoms with E-state index in [2.05, 4.69) is 5.48 Å². The molecule has 0 bridgehead atoms. The van der Waals surface area contributed by atoms with Crippen LogP contribution in [0.3, 0.4) is 0 Å². The molecule has 0 heterocycles. The highest BCUT2D eigenvalue weighted by Gasteiger charge is 2.05. The van der Waals surface area contributed by atoms with Gasteiger partial charge >= 0.3 is 5.97 Å². The third-order valence-electron chi connectivity index (χ3n) is 4.86. The number of aliphatic carboxylic acids is 1. The Bertz CT molecular complexity index is 1050. The minimum Gasteiger partial charge on any atom is -0.489 e. The molecule has 0 amide bonds. The van der Waals surface area contributed by atoms with E-state index < -0.39 is 5.97 Å². The molecular weight excluding hydrogens is 406 g/mol. The molecule has 3 aromatic carbocycles. The summed E-state index contributed by atoms with van der Waals surface area (Å²) in [5, 5.41) is 8.84. The first-order valence-electron chi connectivity index (χ1n) is 10.3. The van der Waals surface area contributed by atoms with Gasteiger partial charge in [-0.2, -0.15) is 0 Å². The summed E-state index contributed by atoms with van der Waals surface area (Å²) in [5.74, 6) is 0.653. The summed E-state index contributed by atoms with van der Waals surface area (Å²) in [6.07, 6.45) is 2.25. The molecule has 0 spiro atoms. The highest BCUT2D eigenvalue weighted by atomic mass is 16.6. The lowest BCUT2D eigenvalue weighted by molar-refractivity contribution is -0.136. The van der Waals surface area contributed by atoms with E-state index in [9.17, 15) is 4.79 Å². The van der Waals surface area contributed by atoms with E-state index in [-0.39, 0.29) is 6.42 Å².